The molecule has 1 aliphatic rings. The van der Waals surface area contributed by atoms with Gasteiger partial charge in [-0.25, -0.2) is 0 Å². The molecule has 0 saturated carbocycles. The molecule has 4 rings (SSSR count). The highest BCUT2D eigenvalue weighted by molar-refractivity contribution is 5.35. The Bertz CT molecular complexity index is 893. The molecule has 1 aliphatic heterocycles. The van der Waals surface area contributed by atoms with Crippen molar-refractivity contribution in [2.75, 3.05) is 13.1 Å². The number of aliphatic hydroxyl groups is 1. The van der Waals surface area contributed by atoms with Gasteiger partial charge in [-0.2, -0.15) is 0 Å². The zero-order valence-electron chi connectivity index (χ0n) is 15.9. The van der Waals surface area contributed by atoms with Crippen LogP contribution in [0.15, 0.2) is 60.7 Å². The standard InChI is InChI=1S/C22H26N4O/c1-17-15-25(16-19-9-5-3-6-10-19)14-13-22(17,27)21-24-23-18(2)26(21)20-11-7-4-8-12-20/h3-12,17,27H,13-16H2,1-2H3/t17-,22-/m0/s1. The van der Waals surface area contributed by atoms with Gasteiger partial charge in [0.05, 0.1) is 0 Å². The second-order valence-corrected chi connectivity index (χ2v) is 7.54. The molecule has 0 unspecified atom stereocenters. The van der Waals surface area contributed by atoms with E-state index in [1.165, 1.54) is 5.56 Å². The van der Waals surface area contributed by atoms with E-state index in [1.807, 2.05) is 47.9 Å². The Balaban J connectivity index is 1.59. The lowest BCUT2D eigenvalue weighted by atomic mass is 9.81. The smallest absolute Gasteiger partial charge is 0.170 e. The van der Waals surface area contributed by atoms with Crippen LogP contribution in [-0.2, 0) is 12.1 Å². The third kappa shape index (κ3) is 3.40. The Morgan fingerprint density at radius 1 is 1.04 bits per heavy atom. The van der Waals surface area contributed by atoms with Gasteiger partial charge in [0.2, 0.25) is 0 Å². The van der Waals surface area contributed by atoms with Gasteiger partial charge in [-0.15, -0.1) is 10.2 Å². The van der Waals surface area contributed by atoms with Crippen LogP contribution in [0.2, 0.25) is 0 Å². The van der Waals surface area contributed by atoms with E-state index in [4.69, 9.17) is 0 Å². The van der Waals surface area contributed by atoms with Crippen molar-refractivity contribution >= 4 is 0 Å². The molecule has 27 heavy (non-hydrogen) atoms. The minimum Gasteiger partial charge on any atom is -0.381 e. The van der Waals surface area contributed by atoms with Crippen molar-refractivity contribution < 1.29 is 5.11 Å². The highest BCUT2D eigenvalue weighted by atomic mass is 16.3. The minimum absolute atomic E-state index is 0.0565. The van der Waals surface area contributed by atoms with Gasteiger partial charge in [-0.05, 0) is 31.0 Å². The summed E-state index contributed by atoms with van der Waals surface area (Å²) in [5, 5.41) is 20.3. The van der Waals surface area contributed by atoms with Crippen molar-refractivity contribution in [1.29, 1.82) is 0 Å². The van der Waals surface area contributed by atoms with Crippen molar-refractivity contribution in [3.63, 3.8) is 0 Å². The lowest BCUT2D eigenvalue weighted by molar-refractivity contribution is -0.0803. The Morgan fingerprint density at radius 3 is 2.37 bits per heavy atom. The van der Waals surface area contributed by atoms with Crippen LogP contribution in [0.25, 0.3) is 5.69 Å². The van der Waals surface area contributed by atoms with Crippen molar-refractivity contribution in [2.45, 2.75) is 32.4 Å². The lowest BCUT2D eigenvalue weighted by Gasteiger charge is -2.42. The zero-order chi connectivity index (χ0) is 18.9. The van der Waals surface area contributed by atoms with E-state index in [1.54, 1.807) is 0 Å². The Labute approximate surface area is 160 Å². The molecule has 1 N–H and O–H groups in total. The van der Waals surface area contributed by atoms with E-state index in [0.29, 0.717) is 12.2 Å². The SMILES string of the molecule is Cc1nnc([C@]2(O)CCN(Cc3ccccc3)C[C@@H]2C)n1-c1ccccc1. The summed E-state index contributed by atoms with van der Waals surface area (Å²) in [6.45, 7) is 6.60. The molecule has 0 amide bonds. The van der Waals surface area contributed by atoms with Crippen LogP contribution < -0.4 is 0 Å². The first kappa shape index (κ1) is 17.9. The predicted molar refractivity (Wildman–Crippen MR) is 105 cm³/mol. The highest BCUT2D eigenvalue weighted by Crippen LogP contribution is 2.38. The molecular formula is C22H26N4O. The van der Waals surface area contributed by atoms with Gasteiger partial charge in [-0.3, -0.25) is 9.47 Å². The minimum atomic E-state index is -0.982. The molecule has 140 valence electrons. The van der Waals surface area contributed by atoms with Gasteiger partial charge in [0, 0.05) is 31.2 Å². The van der Waals surface area contributed by atoms with Gasteiger partial charge < -0.3 is 5.11 Å². The predicted octanol–water partition coefficient (Wildman–Crippen LogP) is 3.31. The number of nitrogens with zero attached hydrogens (tertiary/aromatic N) is 4. The molecule has 5 nitrogen and oxygen atoms in total. The molecule has 2 atom stereocenters. The van der Waals surface area contributed by atoms with Crippen LogP contribution in [0.3, 0.4) is 0 Å². The highest BCUT2D eigenvalue weighted by Gasteiger charge is 2.44. The number of rotatable bonds is 4. The topological polar surface area (TPSA) is 54.2 Å². The van der Waals surface area contributed by atoms with E-state index < -0.39 is 5.60 Å². The molecule has 0 bridgehead atoms. The maximum atomic E-state index is 11.6. The van der Waals surface area contributed by atoms with Crippen LogP contribution in [0.5, 0.6) is 0 Å². The molecule has 5 heteroatoms. The van der Waals surface area contributed by atoms with Crippen LogP contribution in [-0.4, -0.2) is 37.9 Å². The number of para-hydroxylation sites is 1. The van der Waals surface area contributed by atoms with E-state index in [0.717, 1.165) is 31.1 Å². The number of benzene rings is 2. The molecule has 0 aliphatic carbocycles. The van der Waals surface area contributed by atoms with Crippen molar-refractivity contribution in [1.82, 2.24) is 19.7 Å². The summed E-state index contributed by atoms with van der Waals surface area (Å²) >= 11 is 0. The summed E-state index contributed by atoms with van der Waals surface area (Å²) < 4.78 is 1.99. The molecule has 2 aromatic carbocycles. The zero-order valence-corrected chi connectivity index (χ0v) is 15.9. The maximum Gasteiger partial charge on any atom is 0.170 e. The van der Waals surface area contributed by atoms with Gasteiger partial charge in [-0.1, -0.05) is 55.5 Å². The maximum absolute atomic E-state index is 11.6. The average molecular weight is 362 g/mol. The molecule has 0 radical (unpaired) electrons. The Hall–Kier alpha value is -2.50. The summed E-state index contributed by atoms with van der Waals surface area (Å²) in [5.74, 6) is 1.50. The monoisotopic (exact) mass is 362 g/mol. The summed E-state index contributed by atoms with van der Waals surface area (Å²) in [5.41, 5.74) is 1.31. The molecule has 1 saturated heterocycles. The van der Waals surface area contributed by atoms with Gasteiger partial charge in [0.1, 0.15) is 11.4 Å². The second kappa shape index (κ2) is 7.25. The largest absolute Gasteiger partial charge is 0.381 e. The number of piperidine rings is 1. The summed E-state index contributed by atoms with van der Waals surface area (Å²) in [7, 11) is 0. The van der Waals surface area contributed by atoms with Crippen LogP contribution in [0.4, 0.5) is 0 Å². The summed E-state index contributed by atoms with van der Waals surface area (Å²) in [6.07, 6.45) is 0.645. The fourth-order valence-electron chi connectivity index (χ4n) is 4.05. The quantitative estimate of drug-likeness (QED) is 0.774. The summed E-state index contributed by atoms with van der Waals surface area (Å²) in [6, 6.07) is 20.5. The Morgan fingerprint density at radius 2 is 1.70 bits per heavy atom. The second-order valence-electron chi connectivity index (χ2n) is 7.54. The third-order valence-electron chi connectivity index (χ3n) is 5.63. The molecule has 3 aromatic rings. The van der Waals surface area contributed by atoms with E-state index in [2.05, 4.69) is 46.3 Å². The fourth-order valence-corrected chi connectivity index (χ4v) is 4.05. The summed E-state index contributed by atoms with van der Waals surface area (Å²) in [4.78, 5) is 2.41. The number of hydrogen-bond donors (Lipinski definition) is 1. The van der Waals surface area contributed by atoms with E-state index >= 15 is 0 Å². The number of hydrogen-bond acceptors (Lipinski definition) is 4. The normalized spacial score (nSPS) is 23.4. The van der Waals surface area contributed by atoms with E-state index in [9.17, 15) is 5.11 Å². The molecule has 1 fully saturated rings. The Kier molecular flexibility index (Phi) is 4.81. The number of likely N-dealkylation sites (tertiary alicyclic amines) is 1. The van der Waals surface area contributed by atoms with Gasteiger partial charge in [0.25, 0.3) is 0 Å². The van der Waals surface area contributed by atoms with E-state index in [-0.39, 0.29) is 5.92 Å². The lowest BCUT2D eigenvalue weighted by Crippen LogP contribution is -2.49. The van der Waals surface area contributed by atoms with Gasteiger partial charge in [0.15, 0.2) is 5.82 Å². The average Bonchev–Trinajstić information content (AvgIpc) is 3.08. The van der Waals surface area contributed by atoms with Gasteiger partial charge >= 0.3 is 0 Å². The first-order valence-corrected chi connectivity index (χ1v) is 9.54. The van der Waals surface area contributed by atoms with Crippen LogP contribution >= 0.6 is 0 Å². The number of aromatic nitrogens is 3. The van der Waals surface area contributed by atoms with Crippen molar-refractivity contribution in [3.8, 4) is 5.69 Å². The first-order valence-electron chi connectivity index (χ1n) is 9.54. The molecule has 2 heterocycles. The fraction of sp³-hybridized carbons (Fsp3) is 0.364. The first-order chi connectivity index (χ1) is 13.1. The molecule has 0 spiro atoms. The van der Waals surface area contributed by atoms with Crippen LogP contribution in [0, 0.1) is 12.8 Å². The van der Waals surface area contributed by atoms with Crippen molar-refractivity contribution in [2.24, 2.45) is 5.92 Å². The molecule has 1 aromatic heterocycles. The molecular weight excluding hydrogens is 336 g/mol. The van der Waals surface area contributed by atoms with Crippen LogP contribution in [0.1, 0.15) is 30.6 Å². The van der Waals surface area contributed by atoms with Crippen molar-refractivity contribution in [3.05, 3.63) is 77.9 Å². The third-order valence-corrected chi connectivity index (χ3v) is 5.63. The number of aryl methyl sites for hydroxylation is 1.